The number of aliphatic carboxylic acids is 5. The van der Waals surface area contributed by atoms with Gasteiger partial charge in [0.2, 0.25) is 0 Å². The summed E-state index contributed by atoms with van der Waals surface area (Å²) in [6, 6.07) is 27.5. The number of aromatic hydroxyl groups is 3. The predicted molar refractivity (Wildman–Crippen MR) is 559 cm³/mol. The van der Waals surface area contributed by atoms with Gasteiger partial charge in [0.25, 0.3) is 0 Å². The van der Waals surface area contributed by atoms with Crippen molar-refractivity contribution in [3.63, 3.8) is 0 Å². The molecule has 0 aliphatic carbocycles. The number of benzene rings is 5. The molecule has 0 saturated heterocycles. The summed E-state index contributed by atoms with van der Waals surface area (Å²) in [7, 11) is 0. The fraction of sp³-hybridized carbons (Fsp3) is 0.706. The summed E-state index contributed by atoms with van der Waals surface area (Å²) >= 11 is 0. The van der Waals surface area contributed by atoms with E-state index in [-0.39, 0.29) is 11.5 Å². The zero-order chi connectivity index (χ0) is 101. The normalized spacial score (nSPS) is 12.4. The second-order valence-electron chi connectivity index (χ2n) is 48.7. The van der Waals surface area contributed by atoms with Crippen molar-refractivity contribution in [3.8, 4) is 17.2 Å². The van der Waals surface area contributed by atoms with Gasteiger partial charge in [0.15, 0.2) is 11.5 Å². The van der Waals surface area contributed by atoms with Gasteiger partial charge < -0.3 is 40.9 Å². The number of hydrogen-bond acceptors (Lipinski definition) is 8. The zero-order valence-corrected chi connectivity index (χ0v) is 89.9. The SMILES string of the molecule is CC(C)(C)CCCCc1c(O)cccc1CCCCCC(C)(C)C(=O)O.CC(C)(C)CCCCc1ccc(O)c(O)c1CCCCCC(C)(C)C(=O)O.Cc1ccc(CCCCC(C)(C)C)c(CCCCCC(C)(C)C(=O)O)c1C.Cc1ccc(CCCCCC(C)(C)C(=O)O)c(CCCCC(C)(C)C)c1.Cc1cccc(CCCCCC(C)(C)C(=O)O)c1CCCCC(C)(C)C. The Morgan fingerprint density at radius 2 is 0.470 bits per heavy atom. The van der Waals surface area contributed by atoms with E-state index in [2.05, 4.69) is 186 Å². The van der Waals surface area contributed by atoms with E-state index in [1.54, 1.807) is 51.0 Å². The highest BCUT2D eigenvalue weighted by atomic mass is 16.4. The maximum atomic E-state index is 11.2. The van der Waals surface area contributed by atoms with Gasteiger partial charge >= 0.3 is 29.8 Å². The molecule has 0 atom stereocenters. The second-order valence-corrected chi connectivity index (χ2v) is 48.7. The van der Waals surface area contributed by atoms with Gasteiger partial charge in [0.05, 0.1) is 27.1 Å². The Balaban J connectivity index is 0.000000825. The number of rotatable bonds is 55. The van der Waals surface area contributed by atoms with Gasteiger partial charge in [-0.2, -0.15) is 0 Å². The molecular weight excluding hydrogens is 1640 g/mol. The third kappa shape index (κ3) is 54.6. The smallest absolute Gasteiger partial charge is 0.309 e. The lowest BCUT2D eigenvalue weighted by molar-refractivity contribution is -0.148. The van der Waals surface area contributed by atoms with Crippen molar-refractivity contribution < 1.29 is 64.8 Å². The summed E-state index contributed by atoms with van der Waals surface area (Å²) in [4.78, 5) is 55.9. The first-order chi connectivity index (χ1) is 60.9. The molecule has 0 aliphatic heterocycles. The quantitative estimate of drug-likeness (QED) is 0.0133. The average molecular weight is 1840 g/mol. The number of carboxylic acid groups (broad SMARTS) is 5. The van der Waals surface area contributed by atoms with Crippen LogP contribution in [0.5, 0.6) is 17.2 Å². The van der Waals surface area contributed by atoms with Crippen LogP contribution in [0.3, 0.4) is 0 Å². The highest BCUT2D eigenvalue weighted by molar-refractivity contribution is 5.75. The third-order valence-electron chi connectivity index (χ3n) is 27.1. The molecule has 8 N–H and O–H groups in total. The maximum absolute atomic E-state index is 11.2. The van der Waals surface area contributed by atoms with Crippen LogP contribution in [-0.2, 0) is 88.2 Å². The molecule has 0 saturated carbocycles. The molecule has 0 fully saturated rings. The number of phenols is 3. The minimum atomic E-state index is -0.759. The summed E-state index contributed by atoms with van der Waals surface area (Å²) in [5.41, 5.74) is 17.9. The van der Waals surface area contributed by atoms with Crippen LogP contribution in [0, 0.1) is 81.8 Å². The van der Waals surface area contributed by atoms with Crippen LogP contribution in [0.1, 0.15) is 476 Å². The van der Waals surface area contributed by atoms with Crippen molar-refractivity contribution >= 4 is 29.8 Å². The summed E-state index contributed by atoms with van der Waals surface area (Å²) in [6.45, 7) is 61.3. The van der Waals surface area contributed by atoms with Crippen molar-refractivity contribution in [1.29, 1.82) is 0 Å². The highest BCUT2D eigenvalue weighted by Gasteiger charge is 2.31. The van der Waals surface area contributed by atoms with E-state index in [1.165, 1.54) is 146 Å². The molecule has 13 nitrogen and oxygen atoms in total. The molecule has 0 spiro atoms. The molecule has 5 aromatic carbocycles. The largest absolute Gasteiger partial charge is 0.508 e. The standard InChI is InChI=1S/C25H42O2.2C24H40O2.C23H38O4.C23H38O3/c1-19-15-16-21(13-10-12-17-24(3,4)5)22(20(19)2)14-9-8-11-18-25(6,7)23(26)27;1-19-13-12-15-20(21(19)16-9-11-17-23(2,3)4)14-8-7-10-18-24(5,6)22(25)26;1-19-14-15-20(12-8-7-10-17-24(5,6)22(25)26)21(18-19)13-9-11-16-23(2,3)4;1-22(2,3)15-10-8-11-17-13-14-19(24)20(25)18(17)12-7-6-9-16-23(4,5)21(26)27;1-22(2,3)16-10-8-14-19-18(13-11-15-20(19)24)12-7-6-9-17-23(4,5)21(25)26/h15-16H,8-14,17-18H2,1-7H3,(H,26,27);12-13,15H,7-11,14,16-18H2,1-6H3,(H,25,26);14-15,18H,7-13,16-17H2,1-6H3,(H,25,26);13-14,24-25H,6-12,15-16H2,1-5H3,(H,26,27);11,13,15,24H,6-10,12,14,16-17H2,1-5H3,(H,25,26). The predicted octanol–water partition coefficient (Wildman–Crippen LogP) is 33.6. The van der Waals surface area contributed by atoms with Gasteiger partial charge in [-0.1, -0.05) is 272 Å². The van der Waals surface area contributed by atoms with Crippen molar-refractivity contribution in [2.75, 3.05) is 0 Å². The summed E-state index contributed by atoms with van der Waals surface area (Å²) in [5.74, 6) is -3.17. The number of hydrogen-bond donors (Lipinski definition) is 8. The van der Waals surface area contributed by atoms with Gasteiger partial charge in [0, 0.05) is 5.56 Å². The molecule has 0 amide bonds. The molecular formula is C119H198O13. The maximum Gasteiger partial charge on any atom is 0.309 e. The van der Waals surface area contributed by atoms with Crippen LogP contribution in [0.15, 0.2) is 78.9 Å². The first-order valence-electron chi connectivity index (χ1n) is 51.7. The fourth-order valence-corrected chi connectivity index (χ4v) is 17.1. The van der Waals surface area contributed by atoms with E-state index in [4.69, 9.17) is 5.11 Å². The number of carboxylic acids is 5. The Morgan fingerprint density at radius 3 is 0.818 bits per heavy atom. The van der Waals surface area contributed by atoms with Gasteiger partial charge in [0.1, 0.15) is 5.75 Å². The lowest BCUT2D eigenvalue weighted by Gasteiger charge is -2.19. The van der Waals surface area contributed by atoms with Gasteiger partial charge in [-0.25, -0.2) is 0 Å². The van der Waals surface area contributed by atoms with E-state index in [1.807, 2.05) is 53.7 Å². The molecule has 0 aliphatic rings. The fourth-order valence-electron chi connectivity index (χ4n) is 17.1. The van der Waals surface area contributed by atoms with E-state index in [0.717, 1.165) is 190 Å². The van der Waals surface area contributed by atoms with Gasteiger partial charge in [-0.15, -0.1) is 0 Å². The van der Waals surface area contributed by atoms with E-state index in [9.17, 15) is 59.7 Å². The molecule has 0 bridgehead atoms. The van der Waals surface area contributed by atoms with Gasteiger partial charge in [-0.05, 0) is 396 Å². The Morgan fingerprint density at radius 1 is 0.220 bits per heavy atom. The third-order valence-corrected chi connectivity index (χ3v) is 27.1. The Bertz CT molecular complexity index is 3930. The van der Waals surface area contributed by atoms with Crippen LogP contribution in [0.25, 0.3) is 0 Å². The molecule has 0 radical (unpaired) electrons. The molecule has 5 rings (SSSR count). The minimum Gasteiger partial charge on any atom is -0.508 e. The minimum absolute atomic E-state index is 0.00851. The average Bonchev–Trinajstić information content (AvgIpc) is 0.812. The van der Waals surface area contributed by atoms with E-state index >= 15 is 0 Å². The van der Waals surface area contributed by atoms with E-state index in [0.29, 0.717) is 52.1 Å². The van der Waals surface area contributed by atoms with Gasteiger partial charge in [-0.3, -0.25) is 24.0 Å². The van der Waals surface area contributed by atoms with Crippen LogP contribution in [-0.4, -0.2) is 70.7 Å². The van der Waals surface area contributed by atoms with Crippen LogP contribution in [0.2, 0.25) is 0 Å². The van der Waals surface area contributed by atoms with Crippen LogP contribution >= 0.6 is 0 Å². The number of unbranched alkanes of at least 4 members (excludes halogenated alkanes) is 15. The monoisotopic (exact) mass is 1840 g/mol. The molecule has 0 aromatic heterocycles. The van der Waals surface area contributed by atoms with Crippen LogP contribution < -0.4 is 0 Å². The lowest BCUT2D eigenvalue weighted by atomic mass is 9.86. The summed E-state index contributed by atoms with van der Waals surface area (Å²) in [6.07, 6.45) is 47.8. The molecule has 132 heavy (non-hydrogen) atoms. The molecule has 0 heterocycles. The molecule has 5 aromatic rings. The highest BCUT2D eigenvalue weighted by Crippen LogP contribution is 2.38. The first-order valence-corrected chi connectivity index (χ1v) is 51.7. The Labute approximate surface area is 807 Å². The van der Waals surface area contributed by atoms with E-state index < -0.39 is 56.9 Å². The topological polar surface area (TPSA) is 247 Å². The Kier molecular flexibility index (Phi) is 55.6. The zero-order valence-electron chi connectivity index (χ0n) is 89.9. The summed E-state index contributed by atoms with van der Waals surface area (Å²) in [5, 5.41) is 76.4. The second kappa shape index (κ2) is 59.8. The van der Waals surface area contributed by atoms with Crippen LogP contribution in [0.4, 0.5) is 0 Å². The number of aryl methyl sites for hydroxylation is 9. The van der Waals surface area contributed by atoms with Crippen molar-refractivity contribution in [2.24, 2.45) is 54.1 Å². The molecule has 0 unspecified atom stereocenters. The molecule has 13 heteroatoms. The summed E-state index contributed by atoms with van der Waals surface area (Å²) < 4.78 is 0. The van der Waals surface area contributed by atoms with Crippen molar-refractivity contribution in [1.82, 2.24) is 0 Å². The Hall–Kier alpha value is -7.15. The first kappa shape index (κ1) is 123. The lowest BCUT2D eigenvalue weighted by Crippen LogP contribution is -2.23. The molecule has 752 valence electrons. The van der Waals surface area contributed by atoms with Crippen molar-refractivity contribution in [3.05, 3.63) is 157 Å². The number of carbonyl (C=O) groups is 5. The van der Waals surface area contributed by atoms with Crippen molar-refractivity contribution in [2.45, 2.75) is 490 Å². The number of phenolic OH excluding ortho intramolecular Hbond substituents is 3.